The SMILES string of the molecule is [CH]C(O)CC. The van der Waals surface area contributed by atoms with Gasteiger partial charge in [0.05, 0.1) is 6.10 Å². The number of aliphatic hydroxyl groups is 1. The Kier molecular flexibility index (Phi) is 2.19. The Morgan fingerprint density at radius 2 is 2.20 bits per heavy atom. The fraction of sp³-hybridized carbons (Fsp3) is 0.750. The van der Waals surface area contributed by atoms with Crippen molar-refractivity contribution in [3.63, 3.8) is 0 Å². The highest BCUT2D eigenvalue weighted by Crippen LogP contribution is 1.80. The maximum absolute atomic E-state index is 8.14. The predicted octanol–water partition coefficient (Wildman–Crippen LogP) is 0.468. The lowest BCUT2D eigenvalue weighted by atomic mass is 10.3. The Hall–Kier alpha value is -0.0400. The summed E-state index contributed by atoms with van der Waals surface area (Å²) < 4.78 is 0. The Bertz CT molecular complexity index is 17.6. The third kappa shape index (κ3) is 3.96. The van der Waals surface area contributed by atoms with Crippen LogP contribution in [0.15, 0.2) is 0 Å². The van der Waals surface area contributed by atoms with Crippen LogP contribution < -0.4 is 0 Å². The molecule has 0 saturated heterocycles. The summed E-state index contributed by atoms with van der Waals surface area (Å²) in [5.41, 5.74) is 0. The second-order valence-corrected chi connectivity index (χ2v) is 0.976. The summed E-state index contributed by atoms with van der Waals surface area (Å²) >= 11 is 0. The van der Waals surface area contributed by atoms with Crippen LogP contribution in [0, 0.1) is 6.92 Å². The van der Waals surface area contributed by atoms with Crippen LogP contribution in [0.1, 0.15) is 13.3 Å². The van der Waals surface area contributed by atoms with Crippen LogP contribution in [0.2, 0.25) is 0 Å². The smallest absolute Gasteiger partial charge is 0.0573 e. The van der Waals surface area contributed by atoms with E-state index < -0.39 is 6.10 Å². The number of rotatable bonds is 1. The number of hydrogen-bond acceptors (Lipinski definition) is 1. The van der Waals surface area contributed by atoms with Crippen LogP contribution in [0.5, 0.6) is 0 Å². The highest BCUT2D eigenvalue weighted by atomic mass is 16.3. The summed E-state index contributed by atoms with van der Waals surface area (Å²) in [6, 6.07) is 0. The van der Waals surface area contributed by atoms with Crippen molar-refractivity contribution in [2.45, 2.75) is 19.4 Å². The van der Waals surface area contributed by atoms with E-state index in [4.69, 9.17) is 12.0 Å². The maximum atomic E-state index is 8.14. The largest absolute Gasteiger partial charge is 0.393 e. The molecule has 30 valence electrons. The molecule has 1 N–H and O–H groups in total. The van der Waals surface area contributed by atoms with Crippen molar-refractivity contribution in [1.29, 1.82) is 0 Å². The summed E-state index contributed by atoms with van der Waals surface area (Å²) in [5, 5.41) is 8.14. The van der Waals surface area contributed by atoms with Gasteiger partial charge in [-0.3, -0.25) is 0 Å². The van der Waals surface area contributed by atoms with Crippen molar-refractivity contribution in [3.8, 4) is 0 Å². The van der Waals surface area contributed by atoms with Gasteiger partial charge in [0.25, 0.3) is 0 Å². The molecule has 0 heterocycles. The minimum absolute atomic E-state index is 0.616. The first-order valence-electron chi connectivity index (χ1n) is 1.71. The monoisotopic (exact) mass is 72.1 g/mol. The van der Waals surface area contributed by atoms with Gasteiger partial charge in [-0.1, -0.05) is 6.92 Å². The molecule has 0 aromatic heterocycles. The molecule has 0 aromatic carbocycles. The Labute approximate surface area is 32.6 Å². The molecule has 0 bridgehead atoms. The molecule has 0 aliphatic rings. The topological polar surface area (TPSA) is 20.2 Å². The van der Waals surface area contributed by atoms with E-state index in [0.29, 0.717) is 6.42 Å². The molecule has 0 saturated carbocycles. The molecule has 0 aliphatic carbocycles. The van der Waals surface area contributed by atoms with E-state index in [1.165, 1.54) is 0 Å². The molecule has 1 unspecified atom stereocenters. The quantitative estimate of drug-likeness (QED) is 0.477. The first kappa shape index (κ1) is 4.96. The lowest BCUT2D eigenvalue weighted by molar-refractivity contribution is 0.216. The van der Waals surface area contributed by atoms with Crippen molar-refractivity contribution in [1.82, 2.24) is 0 Å². The molecule has 1 atom stereocenters. The van der Waals surface area contributed by atoms with E-state index in [1.807, 2.05) is 6.92 Å². The van der Waals surface area contributed by atoms with Gasteiger partial charge in [0.1, 0.15) is 0 Å². The molecular weight excluding hydrogens is 64.0 g/mol. The van der Waals surface area contributed by atoms with E-state index in [9.17, 15) is 0 Å². The molecule has 2 radical (unpaired) electrons. The molecule has 0 amide bonds. The van der Waals surface area contributed by atoms with Crippen LogP contribution in [-0.4, -0.2) is 11.2 Å². The Balaban J connectivity index is 2.54. The maximum Gasteiger partial charge on any atom is 0.0573 e. The highest BCUT2D eigenvalue weighted by Gasteiger charge is 1.82. The molecule has 1 heteroatoms. The van der Waals surface area contributed by atoms with Crippen LogP contribution in [0.4, 0.5) is 0 Å². The normalized spacial score (nSPS) is 15.0. The average molecular weight is 72.1 g/mol. The third-order valence-electron chi connectivity index (χ3n) is 0.418. The summed E-state index contributed by atoms with van der Waals surface area (Å²) in [5.74, 6) is 0. The lowest BCUT2D eigenvalue weighted by Gasteiger charge is -1.89. The molecule has 0 fully saturated rings. The standard InChI is InChI=1S/C4H8O/c1-3-4(2)5/h2,4-5H,3H2,1H3. The fourth-order valence-electron chi connectivity index (χ4n) is 0. The van der Waals surface area contributed by atoms with Crippen LogP contribution in [0.3, 0.4) is 0 Å². The van der Waals surface area contributed by atoms with Crippen LogP contribution in [0.25, 0.3) is 0 Å². The van der Waals surface area contributed by atoms with Crippen molar-refractivity contribution in [3.05, 3.63) is 6.92 Å². The highest BCUT2D eigenvalue weighted by molar-refractivity contribution is 4.49. The van der Waals surface area contributed by atoms with E-state index in [2.05, 4.69) is 0 Å². The summed E-state index contributed by atoms with van der Waals surface area (Å²) in [6.45, 7) is 6.67. The van der Waals surface area contributed by atoms with E-state index >= 15 is 0 Å². The van der Waals surface area contributed by atoms with Crippen molar-refractivity contribution < 1.29 is 5.11 Å². The van der Waals surface area contributed by atoms with Gasteiger partial charge < -0.3 is 5.11 Å². The lowest BCUT2D eigenvalue weighted by Crippen LogP contribution is -1.93. The molecule has 0 spiro atoms. The Morgan fingerprint density at radius 3 is 2.20 bits per heavy atom. The first-order chi connectivity index (χ1) is 2.27. The first-order valence-corrected chi connectivity index (χ1v) is 1.71. The van der Waals surface area contributed by atoms with Gasteiger partial charge in [0.2, 0.25) is 0 Å². The van der Waals surface area contributed by atoms with Gasteiger partial charge in [-0.25, -0.2) is 0 Å². The van der Waals surface area contributed by atoms with Crippen LogP contribution in [-0.2, 0) is 0 Å². The van der Waals surface area contributed by atoms with Gasteiger partial charge in [0.15, 0.2) is 0 Å². The van der Waals surface area contributed by atoms with Gasteiger partial charge in [0, 0.05) is 0 Å². The molecule has 0 rings (SSSR count). The summed E-state index contributed by atoms with van der Waals surface area (Å²) in [7, 11) is 0. The number of aliphatic hydroxyl groups excluding tert-OH is 1. The van der Waals surface area contributed by atoms with Gasteiger partial charge in [-0.2, -0.15) is 0 Å². The fourth-order valence-corrected chi connectivity index (χ4v) is 0. The van der Waals surface area contributed by atoms with E-state index in [-0.39, 0.29) is 0 Å². The van der Waals surface area contributed by atoms with E-state index in [1.54, 1.807) is 0 Å². The van der Waals surface area contributed by atoms with Crippen molar-refractivity contribution >= 4 is 0 Å². The zero-order chi connectivity index (χ0) is 4.28. The minimum Gasteiger partial charge on any atom is -0.393 e. The summed E-state index contributed by atoms with van der Waals surface area (Å²) in [6.07, 6.45) is 0.0231. The molecular formula is C4H8O. The summed E-state index contributed by atoms with van der Waals surface area (Å²) in [4.78, 5) is 0. The zero-order valence-electron chi connectivity index (χ0n) is 3.31. The van der Waals surface area contributed by atoms with Crippen LogP contribution >= 0.6 is 0 Å². The third-order valence-corrected chi connectivity index (χ3v) is 0.418. The van der Waals surface area contributed by atoms with E-state index in [0.717, 1.165) is 0 Å². The second-order valence-electron chi connectivity index (χ2n) is 0.976. The van der Waals surface area contributed by atoms with Crippen molar-refractivity contribution in [2.75, 3.05) is 0 Å². The zero-order valence-corrected chi connectivity index (χ0v) is 3.31. The van der Waals surface area contributed by atoms with Gasteiger partial charge >= 0.3 is 0 Å². The van der Waals surface area contributed by atoms with Gasteiger partial charge in [-0.15, -0.1) is 0 Å². The number of hydrogen-bond donors (Lipinski definition) is 1. The Morgan fingerprint density at radius 1 is 2.00 bits per heavy atom. The van der Waals surface area contributed by atoms with Crippen molar-refractivity contribution in [2.24, 2.45) is 0 Å². The predicted molar refractivity (Wildman–Crippen MR) is 20.6 cm³/mol. The molecule has 1 nitrogen and oxygen atoms in total. The average Bonchev–Trinajstić information content (AvgIpc) is 1.38. The second kappa shape index (κ2) is 2.21. The minimum atomic E-state index is -0.616. The molecule has 0 aromatic rings. The molecule has 5 heavy (non-hydrogen) atoms. The molecule has 0 aliphatic heterocycles. The van der Waals surface area contributed by atoms with Gasteiger partial charge in [-0.05, 0) is 13.3 Å².